The molecule has 0 aliphatic carbocycles. The van der Waals surface area contributed by atoms with Gasteiger partial charge in [0.2, 0.25) is 4.80 Å². The number of hydrogen-bond donors (Lipinski definition) is 0. The SMILES string of the molecule is Cn1cns/c1=N/N=O. The van der Waals surface area contributed by atoms with Gasteiger partial charge in [-0.15, -0.1) is 4.91 Å². The van der Waals surface area contributed by atoms with E-state index >= 15 is 0 Å². The van der Waals surface area contributed by atoms with Crippen molar-refractivity contribution < 1.29 is 0 Å². The van der Waals surface area contributed by atoms with E-state index in [1.807, 2.05) is 0 Å². The molecule has 0 unspecified atom stereocenters. The van der Waals surface area contributed by atoms with Crippen LogP contribution in [0.25, 0.3) is 0 Å². The smallest absolute Gasteiger partial charge is 0.232 e. The average molecular weight is 144 g/mol. The number of nitrogens with zero attached hydrogens (tertiary/aromatic N) is 4. The molecule has 0 amide bonds. The van der Waals surface area contributed by atoms with Crippen molar-refractivity contribution in [1.29, 1.82) is 0 Å². The van der Waals surface area contributed by atoms with Gasteiger partial charge in [0, 0.05) is 18.6 Å². The maximum atomic E-state index is 9.57. The Hall–Kier alpha value is -1.04. The first-order valence-electron chi connectivity index (χ1n) is 2.18. The van der Waals surface area contributed by atoms with Gasteiger partial charge >= 0.3 is 0 Å². The lowest BCUT2D eigenvalue weighted by molar-refractivity contribution is 0.841. The molecule has 0 aliphatic rings. The Morgan fingerprint density at radius 1 is 1.89 bits per heavy atom. The second-order valence-corrected chi connectivity index (χ2v) is 2.15. The van der Waals surface area contributed by atoms with Crippen LogP contribution in [0.2, 0.25) is 0 Å². The van der Waals surface area contributed by atoms with Crippen molar-refractivity contribution in [2.45, 2.75) is 0 Å². The molecule has 0 saturated heterocycles. The third-order valence-corrected chi connectivity index (χ3v) is 1.52. The number of aryl methyl sites for hydroxylation is 1. The van der Waals surface area contributed by atoms with Crippen molar-refractivity contribution in [3.05, 3.63) is 16.0 Å². The molecule has 6 heteroatoms. The predicted molar refractivity (Wildman–Crippen MR) is 32.4 cm³/mol. The standard InChI is InChI=1S/C3H4N4OS/c1-7-2-4-9-3(7)5-6-8/h2H,1H3/b5-3+. The highest BCUT2D eigenvalue weighted by molar-refractivity contribution is 7.02. The van der Waals surface area contributed by atoms with Crippen LogP contribution in [0.5, 0.6) is 0 Å². The molecule has 5 nitrogen and oxygen atoms in total. The van der Waals surface area contributed by atoms with Crippen LogP contribution in [0.15, 0.2) is 16.7 Å². The molecule has 0 N–H and O–H groups in total. The molecule has 1 aromatic rings. The van der Waals surface area contributed by atoms with Crippen LogP contribution in [-0.2, 0) is 7.05 Å². The summed E-state index contributed by atoms with van der Waals surface area (Å²) in [5, 5.41) is 5.62. The van der Waals surface area contributed by atoms with Crippen LogP contribution < -0.4 is 4.80 Å². The van der Waals surface area contributed by atoms with E-state index in [-0.39, 0.29) is 0 Å². The minimum atomic E-state index is 0.505. The van der Waals surface area contributed by atoms with Gasteiger partial charge < -0.3 is 4.57 Å². The van der Waals surface area contributed by atoms with Gasteiger partial charge in [-0.3, -0.25) is 0 Å². The quantitative estimate of drug-likeness (QED) is 0.413. The maximum Gasteiger partial charge on any atom is 0.232 e. The van der Waals surface area contributed by atoms with Crippen molar-refractivity contribution in [3.63, 3.8) is 0 Å². The fraction of sp³-hybridized carbons (Fsp3) is 0.333. The van der Waals surface area contributed by atoms with Gasteiger partial charge in [0.1, 0.15) is 6.33 Å². The van der Waals surface area contributed by atoms with Gasteiger partial charge in [-0.2, -0.15) is 4.37 Å². The largest absolute Gasteiger partial charge is 0.308 e. The van der Waals surface area contributed by atoms with Gasteiger partial charge in [-0.1, -0.05) is 5.10 Å². The molecular formula is C3H4N4OS. The molecule has 9 heavy (non-hydrogen) atoms. The van der Waals surface area contributed by atoms with Gasteiger partial charge in [-0.25, -0.2) is 0 Å². The number of hydrogen-bond acceptors (Lipinski definition) is 4. The predicted octanol–water partition coefficient (Wildman–Crippen LogP) is 0.0637. The molecular weight excluding hydrogens is 140 g/mol. The van der Waals surface area contributed by atoms with Gasteiger partial charge in [0.05, 0.1) is 5.29 Å². The van der Waals surface area contributed by atoms with Crippen LogP contribution in [0.4, 0.5) is 0 Å². The first-order chi connectivity index (χ1) is 4.34. The van der Waals surface area contributed by atoms with Crippen LogP contribution >= 0.6 is 11.5 Å². The summed E-state index contributed by atoms with van der Waals surface area (Å²) in [6, 6.07) is 0. The fourth-order valence-corrected chi connectivity index (χ4v) is 0.908. The molecule has 0 saturated carbocycles. The second kappa shape index (κ2) is 2.49. The number of rotatable bonds is 1. The highest BCUT2D eigenvalue weighted by Gasteiger charge is 1.86. The molecule has 0 bridgehead atoms. The summed E-state index contributed by atoms with van der Waals surface area (Å²) in [4.78, 5) is 10.1. The Kier molecular flexibility index (Phi) is 1.69. The van der Waals surface area contributed by atoms with Crippen molar-refractivity contribution in [3.8, 4) is 0 Å². The van der Waals surface area contributed by atoms with E-state index in [4.69, 9.17) is 0 Å². The van der Waals surface area contributed by atoms with Gasteiger partial charge in [-0.05, 0) is 0 Å². The van der Waals surface area contributed by atoms with E-state index < -0.39 is 0 Å². The maximum absolute atomic E-state index is 9.57. The van der Waals surface area contributed by atoms with E-state index in [0.29, 0.717) is 4.80 Å². The minimum Gasteiger partial charge on any atom is -0.308 e. The van der Waals surface area contributed by atoms with E-state index in [1.165, 1.54) is 0 Å². The zero-order valence-electron chi connectivity index (χ0n) is 4.68. The molecule has 0 fully saturated rings. The van der Waals surface area contributed by atoms with E-state index in [9.17, 15) is 4.91 Å². The molecule has 0 aromatic carbocycles. The Bertz CT molecular complexity index is 261. The van der Waals surface area contributed by atoms with Crippen LogP contribution in [0, 0.1) is 4.91 Å². The fourth-order valence-electron chi connectivity index (χ4n) is 0.379. The third-order valence-electron chi connectivity index (χ3n) is 0.783. The molecule has 48 valence electrons. The monoisotopic (exact) mass is 144 g/mol. The Morgan fingerprint density at radius 2 is 2.67 bits per heavy atom. The summed E-state index contributed by atoms with van der Waals surface area (Å²) >= 11 is 1.13. The highest BCUT2D eigenvalue weighted by atomic mass is 32.1. The van der Waals surface area contributed by atoms with Gasteiger partial charge in [0.15, 0.2) is 0 Å². The lowest BCUT2D eigenvalue weighted by Crippen LogP contribution is -2.07. The van der Waals surface area contributed by atoms with E-state index in [1.54, 1.807) is 17.9 Å². The van der Waals surface area contributed by atoms with Gasteiger partial charge in [0.25, 0.3) is 0 Å². The van der Waals surface area contributed by atoms with E-state index in [0.717, 1.165) is 11.5 Å². The molecule has 1 heterocycles. The Morgan fingerprint density at radius 3 is 3.11 bits per heavy atom. The lowest BCUT2D eigenvalue weighted by Gasteiger charge is -1.79. The zero-order chi connectivity index (χ0) is 6.69. The molecule has 0 spiro atoms. The van der Waals surface area contributed by atoms with Crippen molar-refractivity contribution in [2.75, 3.05) is 0 Å². The van der Waals surface area contributed by atoms with Crippen LogP contribution in [0.3, 0.4) is 0 Å². The van der Waals surface area contributed by atoms with Crippen molar-refractivity contribution in [2.24, 2.45) is 17.4 Å². The summed E-state index contributed by atoms with van der Waals surface area (Å²) in [6.07, 6.45) is 1.56. The molecule has 1 aromatic heterocycles. The highest BCUT2D eigenvalue weighted by Crippen LogP contribution is 1.77. The third kappa shape index (κ3) is 1.20. The summed E-state index contributed by atoms with van der Waals surface area (Å²) in [5.41, 5.74) is 0. The second-order valence-electron chi connectivity index (χ2n) is 1.39. The topological polar surface area (TPSA) is 59.6 Å². The first-order valence-corrected chi connectivity index (χ1v) is 2.95. The summed E-state index contributed by atoms with van der Waals surface area (Å²) < 4.78 is 5.37. The summed E-state index contributed by atoms with van der Waals surface area (Å²) in [6.45, 7) is 0. The van der Waals surface area contributed by atoms with Crippen LogP contribution in [-0.4, -0.2) is 8.94 Å². The van der Waals surface area contributed by atoms with E-state index in [2.05, 4.69) is 14.8 Å². The zero-order valence-corrected chi connectivity index (χ0v) is 5.50. The Balaban J connectivity index is 3.22. The minimum absolute atomic E-state index is 0.505. The average Bonchev–Trinajstić information content (AvgIpc) is 2.18. The first kappa shape index (κ1) is 6.09. The normalized spacial score (nSPS) is 11.9. The van der Waals surface area contributed by atoms with Crippen molar-refractivity contribution >= 4 is 11.5 Å². The molecule has 0 aliphatic heterocycles. The summed E-state index contributed by atoms with van der Waals surface area (Å²) in [5.74, 6) is 0. The summed E-state index contributed by atoms with van der Waals surface area (Å²) in [7, 11) is 1.74. The number of aromatic nitrogens is 2. The molecule has 1 rings (SSSR count). The van der Waals surface area contributed by atoms with Crippen LogP contribution in [0.1, 0.15) is 0 Å². The molecule has 0 radical (unpaired) electrons. The lowest BCUT2D eigenvalue weighted by atomic mass is 11.1. The molecule has 0 atom stereocenters. The van der Waals surface area contributed by atoms with Crippen molar-refractivity contribution in [1.82, 2.24) is 8.94 Å². The Labute approximate surface area is 54.8 Å². The number of nitroso groups, excluding NO2 is 1.